The van der Waals surface area contributed by atoms with Gasteiger partial charge in [-0.25, -0.2) is 0 Å². The molecule has 0 heterocycles. The van der Waals surface area contributed by atoms with Gasteiger partial charge in [0.25, 0.3) is 0 Å². The summed E-state index contributed by atoms with van der Waals surface area (Å²) in [7, 11) is 3.80. The first-order chi connectivity index (χ1) is 8.01. The van der Waals surface area contributed by atoms with Crippen LogP contribution in [0.3, 0.4) is 0 Å². The average molecular weight is 262 g/mol. The Labute approximate surface area is 107 Å². The van der Waals surface area contributed by atoms with Gasteiger partial charge in [-0.3, -0.25) is 4.99 Å². The van der Waals surface area contributed by atoms with Crippen molar-refractivity contribution in [3.63, 3.8) is 0 Å². The normalized spacial score (nSPS) is 34.8. The molecule has 5 nitrogen and oxygen atoms in total. The highest BCUT2D eigenvalue weighted by Gasteiger charge is 2.37. The predicted molar refractivity (Wildman–Crippen MR) is 70.2 cm³/mol. The summed E-state index contributed by atoms with van der Waals surface area (Å²) in [5.74, 6) is -0.228. The summed E-state index contributed by atoms with van der Waals surface area (Å²) in [5, 5.41) is 29.7. The van der Waals surface area contributed by atoms with Crippen LogP contribution in [0, 0.1) is 5.92 Å². The average Bonchev–Trinajstić information content (AvgIpc) is 2.30. The van der Waals surface area contributed by atoms with Crippen LogP contribution < -0.4 is 0 Å². The fraction of sp³-hybridized carbons (Fsp3) is 0.909. The van der Waals surface area contributed by atoms with Crippen LogP contribution in [-0.2, 0) is 0 Å². The van der Waals surface area contributed by atoms with Gasteiger partial charge in [0.05, 0.1) is 12.1 Å². The molecule has 0 radical (unpaired) electrons. The minimum atomic E-state index is -0.886. The third-order valence-electron chi connectivity index (χ3n) is 3.14. The molecule has 4 atom stereocenters. The maximum absolute atomic E-state index is 9.97. The fourth-order valence-electron chi connectivity index (χ4n) is 2.07. The lowest BCUT2D eigenvalue weighted by atomic mass is 9.82. The number of thioether (sulfide) groups is 1. The summed E-state index contributed by atoms with van der Waals surface area (Å²) in [6.07, 6.45) is 1.55. The van der Waals surface area contributed by atoms with E-state index in [4.69, 9.17) is 5.11 Å². The third kappa shape index (κ3) is 3.58. The lowest BCUT2D eigenvalue weighted by Crippen LogP contribution is -2.47. The van der Waals surface area contributed by atoms with Crippen LogP contribution >= 0.6 is 11.8 Å². The molecule has 17 heavy (non-hydrogen) atoms. The van der Waals surface area contributed by atoms with Crippen molar-refractivity contribution in [2.75, 3.05) is 27.0 Å². The Kier molecular flexibility index (Phi) is 5.72. The first kappa shape index (κ1) is 14.8. The highest BCUT2D eigenvalue weighted by molar-refractivity contribution is 8.13. The van der Waals surface area contributed by atoms with E-state index < -0.39 is 12.2 Å². The van der Waals surface area contributed by atoms with Gasteiger partial charge in [-0.05, 0) is 19.1 Å². The molecule has 3 N–H and O–H groups in total. The Bertz CT molecular complexity index is 273. The van der Waals surface area contributed by atoms with Crippen molar-refractivity contribution in [1.29, 1.82) is 0 Å². The number of hydrogen-bond acceptors (Lipinski definition) is 5. The Morgan fingerprint density at radius 3 is 2.41 bits per heavy atom. The van der Waals surface area contributed by atoms with E-state index in [0.717, 1.165) is 5.17 Å². The second-order valence-corrected chi connectivity index (χ2v) is 5.35. The molecule has 0 saturated heterocycles. The molecule has 1 saturated carbocycles. The Balaban J connectivity index is 2.73. The SMILES string of the molecule is CS/C(=N\[C@H]1CC[C@H](CO)[C@@H](O)[C@@H]1O)N(C)C. The van der Waals surface area contributed by atoms with Gasteiger partial charge in [-0.1, -0.05) is 11.8 Å². The number of nitrogens with zero attached hydrogens (tertiary/aromatic N) is 2. The van der Waals surface area contributed by atoms with Crippen molar-refractivity contribution in [3.8, 4) is 0 Å². The molecule has 0 aromatic heterocycles. The maximum atomic E-state index is 9.97. The lowest BCUT2D eigenvalue weighted by molar-refractivity contribution is -0.0675. The van der Waals surface area contributed by atoms with Gasteiger partial charge in [-0.15, -0.1) is 0 Å². The minimum absolute atomic E-state index is 0.0856. The summed E-state index contributed by atoms with van der Waals surface area (Å²) in [5.41, 5.74) is 0. The van der Waals surface area contributed by atoms with Crippen LogP contribution in [0.2, 0.25) is 0 Å². The molecule has 0 aromatic rings. The van der Waals surface area contributed by atoms with Gasteiger partial charge in [0.1, 0.15) is 6.10 Å². The zero-order chi connectivity index (χ0) is 13.0. The largest absolute Gasteiger partial charge is 0.396 e. The number of aliphatic imine (C=N–C) groups is 1. The summed E-state index contributed by atoms with van der Waals surface area (Å²) in [4.78, 5) is 6.36. The van der Waals surface area contributed by atoms with E-state index in [1.54, 1.807) is 0 Å². The standard InChI is InChI=1S/C11H22N2O3S/c1-13(2)11(17-3)12-8-5-4-7(6-14)9(15)10(8)16/h7-10,14-16H,4-6H2,1-3H3/b12-11-/t7-,8+,9-,10-/m1/s1. The van der Waals surface area contributed by atoms with E-state index in [9.17, 15) is 10.2 Å². The van der Waals surface area contributed by atoms with E-state index in [0.29, 0.717) is 12.8 Å². The molecule has 1 fully saturated rings. The van der Waals surface area contributed by atoms with Crippen LogP contribution in [-0.4, -0.2) is 70.6 Å². The van der Waals surface area contributed by atoms with Gasteiger partial charge < -0.3 is 20.2 Å². The highest BCUT2D eigenvalue weighted by Crippen LogP contribution is 2.27. The van der Waals surface area contributed by atoms with Crippen LogP contribution in [0.25, 0.3) is 0 Å². The molecule has 0 aliphatic heterocycles. The first-order valence-corrected chi connectivity index (χ1v) is 6.99. The van der Waals surface area contributed by atoms with Crippen LogP contribution in [0.5, 0.6) is 0 Å². The van der Waals surface area contributed by atoms with E-state index >= 15 is 0 Å². The molecular formula is C11H22N2O3S. The monoisotopic (exact) mass is 262 g/mol. The number of aliphatic hydroxyl groups excluding tert-OH is 3. The molecule has 6 heteroatoms. The summed E-state index contributed by atoms with van der Waals surface area (Å²) in [6.45, 7) is -0.0856. The molecular weight excluding hydrogens is 240 g/mol. The molecule has 0 amide bonds. The quantitative estimate of drug-likeness (QED) is 0.473. The highest BCUT2D eigenvalue weighted by atomic mass is 32.2. The molecule has 0 bridgehead atoms. The van der Waals surface area contributed by atoms with Gasteiger partial charge >= 0.3 is 0 Å². The van der Waals surface area contributed by atoms with Crippen LogP contribution in [0.15, 0.2) is 4.99 Å². The summed E-state index contributed by atoms with van der Waals surface area (Å²) < 4.78 is 0. The number of aliphatic hydroxyl groups is 3. The van der Waals surface area contributed by atoms with Gasteiger partial charge in [0.15, 0.2) is 5.17 Å². The number of hydrogen-bond donors (Lipinski definition) is 3. The Morgan fingerprint density at radius 1 is 1.29 bits per heavy atom. The molecule has 0 aromatic carbocycles. The predicted octanol–water partition coefficient (Wildman–Crippen LogP) is -0.240. The number of amidine groups is 1. The van der Waals surface area contributed by atoms with Crippen molar-refractivity contribution in [2.24, 2.45) is 10.9 Å². The van der Waals surface area contributed by atoms with E-state index in [-0.39, 0.29) is 18.6 Å². The Hall–Kier alpha value is -0.300. The van der Waals surface area contributed by atoms with E-state index in [2.05, 4.69) is 4.99 Å². The first-order valence-electron chi connectivity index (χ1n) is 5.77. The van der Waals surface area contributed by atoms with Crippen molar-refractivity contribution in [3.05, 3.63) is 0 Å². The number of rotatable bonds is 2. The molecule has 100 valence electrons. The third-order valence-corrected chi connectivity index (χ3v) is 3.97. The van der Waals surface area contributed by atoms with Gasteiger partial charge in [0.2, 0.25) is 0 Å². The second-order valence-electron chi connectivity index (χ2n) is 4.58. The molecule has 0 spiro atoms. The van der Waals surface area contributed by atoms with Crippen LogP contribution in [0.1, 0.15) is 12.8 Å². The van der Waals surface area contributed by atoms with Gasteiger partial charge in [0, 0.05) is 26.6 Å². The van der Waals surface area contributed by atoms with Crippen LogP contribution in [0.4, 0.5) is 0 Å². The zero-order valence-corrected chi connectivity index (χ0v) is 11.4. The van der Waals surface area contributed by atoms with E-state index in [1.165, 1.54) is 11.8 Å². The molecule has 1 aliphatic rings. The van der Waals surface area contributed by atoms with Crippen molar-refractivity contribution < 1.29 is 15.3 Å². The summed E-state index contributed by atoms with van der Waals surface area (Å²) >= 11 is 1.52. The molecule has 0 unspecified atom stereocenters. The molecule has 1 rings (SSSR count). The Morgan fingerprint density at radius 2 is 1.94 bits per heavy atom. The fourth-order valence-corrected chi connectivity index (χ4v) is 2.67. The zero-order valence-electron chi connectivity index (χ0n) is 10.6. The second kappa shape index (κ2) is 6.58. The van der Waals surface area contributed by atoms with Crippen molar-refractivity contribution >= 4 is 16.9 Å². The lowest BCUT2D eigenvalue weighted by Gasteiger charge is -2.35. The smallest absolute Gasteiger partial charge is 0.158 e. The molecule has 1 aliphatic carbocycles. The van der Waals surface area contributed by atoms with Crippen molar-refractivity contribution in [1.82, 2.24) is 4.90 Å². The van der Waals surface area contributed by atoms with E-state index in [1.807, 2.05) is 25.3 Å². The van der Waals surface area contributed by atoms with Crippen molar-refractivity contribution in [2.45, 2.75) is 31.1 Å². The maximum Gasteiger partial charge on any atom is 0.158 e. The van der Waals surface area contributed by atoms with Gasteiger partial charge in [-0.2, -0.15) is 0 Å². The summed E-state index contributed by atoms with van der Waals surface area (Å²) in [6, 6.07) is -0.280. The minimum Gasteiger partial charge on any atom is -0.396 e. The topological polar surface area (TPSA) is 76.3 Å².